The zero-order valence-corrected chi connectivity index (χ0v) is 16.4. The van der Waals surface area contributed by atoms with E-state index in [0.29, 0.717) is 6.54 Å². The van der Waals surface area contributed by atoms with Crippen LogP contribution in [0.25, 0.3) is 6.08 Å². The highest BCUT2D eigenvalue weighted by atomic mass is 32.2. The molecule has 1 saturated heterocycles. The Morgan fingerprint density at radius 2 is 1.74 bits per heavy atom. The number of benzene rings is 2. The van der Waals surface area contributed by atoms with E-state index in [1.165, 1.54) is 4.31 Å². The summed E-state index contributed by atoms with van der Waals surface area (Å²) < 4.78 is 26.9. The molecule has 2 aromatic carbocycles. The molecule has 0 spiro atoms. The van der Waals surface area contributed by atoms with E-state index in [-0.39, 0.29) is 29.5 Å². The molecular weight excluding hydrogens is 360 g/mol. The van der Waals surface area contributed by atoms with Crippen LogP contribution >= 0.6 is 0 Å². The van der Waals surface area contributed by atoms with Crippen molar-refractivity contribution >= 4 is 16.1 Å². The molecule has 2 N–H and O–H groups in total. The second kappa shape index (κ2) is 8.35. The second-order valence-corrected chi connectivity index (χ2v) is 8.90. The van der Waals surface area contributed by atoms with Gasteiger partial charge in [0.25, 0.3) is 0 Å². The van der Waals surface area contributed by atoms with Crippen molar-refractivity contribution in [1.29, 1.82) is 0 Å². The van der Waals surface area contributed by atoms with E-state index in [2.05, 4.69) is 17.4 Å². The van der Waals surface area contributed by atoms with Crippen LogP contribution in [-0.4, -0.2) is 50.1 Å². The molecule has 0 radical (unpaired) electrons. The number of nitrogens with one attached hydrogen (secondary N) is 1. The normalized spacial score (nSPS) is 22.9. The van der Waals surface area contributed by atoms with Gasteiger partial charge in [0.15, 0.2) is 0 Å². The lowest BCUT2D eigenvalue weighted by molar-refractivity contribution is 0.118. The van der Waals surface area contributed by atoms with E-state index in [1.807, 2.05) is 31.2 Å². The molecule has 0 unspecified atom stereocenters. The van der Waals surface area contributed by atoms with Crippen LogP contribution in [0.15, 0.2) is 65.6 Å². The Labute approximate surface area is 161 Å². The molecule has 0 saturated carbocycles. The molecule has 0 bridgehead atoms. The monoisotopic (exact) mass is 386 g/mol. The van der Waals surface area contributed by atoms with Gasteiger partial charge in [-0.05, 0) is 30.2 Å². The molecule has 1 fully saturated rings. The van der Waals surface area contributed by atoms with Crippen LogP contribution in [0.3, 0.4) is 0 Å². The number of rotatable bonds is 7. The molecule has 144 valence electrons. The number of hydrogen-bond donors (Lipinski definition) is 2. The molecule has 0 amide bonds. The van der Waals surface area contributed by atoms with Crippen molar-refractivity contribution < 1.29 is 13.5 Å². The Kier molecular flexibility index (Phi) is 6.11. The summed E-state index contributed by atoms with van der Waals surface area (Å²) in [6, 6.07) is 16.6. The minimum Gasteiger partial charge on any atom is -0.395 e. The lowest BCUT2D eigenvalue weighted by Gasteiger charge is -2.47. The van der Waals surface area contributed by atoms with Crippen LogP contribution in [0.2, 0.25) is 0 Å². The number of sulfonamides is 1. The van der Waals surface area contributed by atoms with Gasteiger partial charge in [-0.1, -0.05) is 54.6 Å². The van der Waals surface area contributed by atoms with Gasteiger partial charge in [0.05, 0.1) is 11.5 Å². The average molecular weight is 387 g/mol. The minimum atomic E-state index is -3.53. The maximum atomic E-state index is 12.8. The number of allylic oxidation sites excluding steroid dienone is 1. The predicted molar refractivity (Wildman–Crippen MR) is 108 cm³/mol. The first-order valence-electron chi connectivity index (χ1n) is 9.08. The maximum absolute atomic E-state index is 12.8. The molecule has 6 heteroatoms. The number of likely N-dealkylation sites (N-methyl/N-ethyl adjacent to an activating group) is 1. The number of aliphatic hydroxyl groups excluding tert-OH is 1. The fourth-order valence-electron chi connectivity index (χ4n) is 3.61. The van der Waals surface area contributed by atoms with Crippen LogP contribution in [0, 0.1) is 0 Å². The van der Waals surface area contributed by atoms with Crippen LogP contribution in [0.5, 0.6) is 0 Å². The van der Waals surface area contributed by atoms with Crippen LogP contribution in [-0.2, 0) is 10.0 Å². The SMILES string of the molecule is C/C=C/c1ccc([C@@H]2[C@H](CO)N[C@@H]2CN(C)S(=O)(=O)c2ccccc2)cc1. The highest BCUT2D eigenvalue weighted by Crippen LogP contribution is 2.33. The number of hydrogen-bond acceptors (Lipinski definition) is 4. The summed E-state index contributed by atoms with van der Waals surface area (Å²) in [5, 5.41) is 12.9. The Bertz CT molecular complexity index is 879. The average Bonchev–Trinajstić information content (AvgIpc) is 2.67. The molecule has 2 aromatic rings. The molecular formula is C21H26N2O3S. The fraction of sp³-hybridized carbons (Fsp3) is 0.333. The minimum absolute atomic E-state index is 0.0208. The molecule has 27 heavy (non-hydrogen) atoms. The lowest BCUT2D eigenvalue weighted by Crippen LogP contribution is -2.64. The Morgan fingerprint density at radius 1 is 1.07 bits per heavy atom. The second-order valence-electron chi connectivity index (χ2n) is 6.85. The van der Waals surface area contributed by atoms with E-state index in [0.717, 1.165) is 11.1 Å². The van der Waals surface area contributed by atoms with Gasteiger partial charge in [-0.25, -0.2) is 8.42 Å². The summed E-state index contributed by atoms with van der Waals surface area (Å²) in [5.74, 6) is 0.0723. The van der Waals surface area contributed by atoms with Crippen LogP contribution in [0.4, 0.5) is 0 Å². The van der Waals surface area contributed by atoms with E-state index in [1.54, 1.807) is 37.4 Å². The molecule has 5 nitrogen and oxygen atoms in total. The van der Waals surface area contributed by atoms with Crippen molar-refractivity contribution in [3.05, 3.63) is 71.8 Å². The van der Waals surface area contributed by atoms with Gasteiger partial charge in [-0.2, -0.15) is 4.31 Å². The smallest absolute Gasteiger partial charge is 0.242 e. The Hall–Kier alpha value is -1.99. The maximum Gasteiger partial charge on any atom is 0.242 e. The Morgan fingerprint density at radius 3 is 2.33 bits per heavy atom. The lowest BCUT2D eigenvalue weighted by atomic mass is 9.77. The standard InChI is InChI=1S/C21H26N2O3S/c1-3-7-16-10-12-17(13-11-16)21-19(22-20(21)15-24)14-23(2)27(25,26)18-8-5-4-6-9-18/h3-13,19-22,24H,14-15H2,1-2H3/b7-3+/t19-,20+,21+/m1/s1. The van der Waals surface area contributed by atoms with Crippen molar-refractivity contribution in [2.75, 3.05) is 20.2 Å². The van der Waals surface area contributed by atoms with Gasteiger partial charge in [0.1, 0.15) is 0 Å². The summed E-state index contributed by atoms with van der Waals surface area (Å²) in [6.07, 6.45) is 4.02. The molecule has 1 heterocycles. The fourth-order valence-corrected chi connectivity index (χ4v) is 4.83. The summed E-state index contributed by atoms with van der Waals surface area (Å²) >= 11 is 0. The first-order chi connectivity index (χ1) is 13.0. The van der Waals surface area contributed by atoms with Crippen molar-refractivity contribution in [2.45, 2.75) is 29.8 Å². The van der Waals surface area contributed by atoms with Gasteiger partial charge in [-0.3, -0.25) is 0 Å². The van der Waals surface area contributed by atoms with Gasteiger partial charge in [0, 0.05) is 31.6 Å². The molecule has 0 aromatic heterocycles. The van der Waals surface area contributed by atoms with Crippen molar-refractivity contribution in [3.8, 4) is 0 Å². The molecule has 1 aliphatic heterocycles. The molecule has 0 aliphatic carbocycles. The third-order valence-corrected chi connectivity index (χ3v) is 6.92. The van der Waals surface area contributed by atoms with Crippen LogP contribution in [0.1, 0.15) is 24.0 Å². The number of aliphatic hydroxyl groups is 1. The summed E-state index contributed by atoms with van der Waals surface area (Å²) in [4.78, 5) is 0.290. The zero-order valence-electron chi connectivity index (χ0n) is 15.6. The first kappa shape index (κ1) is 19.8. The molecule has 1 aliphatic rings. The summed E-state index contributed by atoms with van der Waals surface area (Å²) in [7, 11) is -1.93. The molecule has 3 atom stereocenters. The third-order valence-electron chi connectivity index (χ3n) is 5.08. The van der Waals surface area contributed by atoms with Gasteiger partial charge in [0.2, 0.25) is 10.0 Å². The Balaban J connectivity index is 1.76. The number of nitrogens with zero attached hydrogens (tertiary/aromatic N) is 1. The van der Waals surface area contributed by atoms with E-state index >= 15 is 0 Å². The van der Waals surface area contributed by atoms with E-state index in [4.69, 9.17) is 0 Å². The van der Waals surface area contributed by atoms with E-state index < -0.39 is 10.0 Å². The van der Waals surface area contributed by atoms with Crippen LogP contribution < -0.4 is 5.32 Å². The zero-order chi connectivity index (χ0) is 19.4. The van der Waals surface area contributed by atoms with E-state index in [9.17, 15) is 13.5 Å². The predicted octanol–water partition coefficient (Wildman–Crippen LogP) is 2.46. The van der Waals surface area contributed by atoms with Gasteiger partial charge >= 0.3 is 0 Å². The third kappa shape index (κ3) is 4.14. The van der Waals surface area contributed by atoms with Gasteiger partial charge in [-0.15, -0.1) is 0 Å². The molecule has 3 rings (SSSR count). The van der Waals surface area contributed by atoms with Gasteiger partial charge < -0.3 is 10.4 Å². The summed E-state index contributed by atoms with van der Waals surface area (Å²) in [5.41, 5.74) is 2.23. The van der Waals surface area contributed by atoms with Crippen molar-refractivity contribution in [2.24, 2.45) is 0 Å². The van der Waals surface area contributed by atoms with Crippen molar-refractivity contribution in [1.82, 2.24) is 9.62 Å². The quantitative estimate of drug-likeness (QED) is 0.767. The topological polar surface area (TPSA) is 69.6 Å². The summed E-state index contributed by atoms with van der Waals surface area (Å²) in [6.45, 7) is 2.34. The first-order valence-corrected chi connectivity index (χ1v) is 10.5. The van der Waals surface area contributed by atoms with Crippen molar-refractivity contribution in [3.63, 3.8) is 0 Å². The highest BCUT2D eigenvalue weighted by molar-refractivity contribution is 7.89. The highest BCUT2D eigenvalue weighted by Gasteiger charge is 2.42. The largest absolute Gasteiger partial charge is 0.395 e.